The Balaban J connectivity index is 2.47. The zero-order valence-corrected chi connectivity index (χ0v) is 10.7. The van der Waals surface area contributed by atoms with Gasteiger partial charge < -0.3 is 5.11 Å². The average Bonchev–Trinajstić information content (AvgIpc) is 2.29. The van der Waals surface area contributed by atoms with E-state index in [-0.39, 0.29) is 12.5 Å². The third kappa shape index (κ3) is 4.01. The van der Waals surface area contributed by atoms with Crippen LogP contribution in [0.3, 0.4) is 0 Å². The molecule has 1 rings (SSSR count). The van der Waals surface area contributed by atoms with Crippen LogP contribution < -0.4 is 4.72 Å². The van der Waals surface area contributed by atoms with Gasteiger partial charge in [0.25, 0.3) is 10.2 Å². The Labute approximate surface area is 98.0 Å². The predicted molar refractivity (Wildman–Crippen MR) is 63.2 cm³/mol. The molecule has 1 fully saturated rings. The van der Waals surface area contributed by atoms with E-state index in [0.29, 0.717) is 19.6 Å². The highest BCUT2D eigenvalue weighted by molar-refractivity contribution is 7.87. The van der Waals surface area contributed by atoms with Gasteiger partial charge in [0.1, 0.15) is 0 Å². The molecule has 6 heteroatoms. The summed E-state index contributed by atoms with van der Waals surface area (Å²) >= 11 is 0. The van der Waals surface area contributed by atoms with Crippen LogP contribution in [0.25, 0.3) is 0 Å². The van der Waals surface area contributed by atoms with E-state index in [1.54, 1.807) is 0 Å². The van der Waals surface area contributed by atoms with E-state index in [2.05, 4.69) is 4.72 Å². The standard InChI is InChI=1S/C10H22N2O3S/c1-2-3-6-11-16(14,15)12-7-4-5-10(8-12)9-13/h10-11,13H,2-9H2,1H3. The molecule has 1 saturated heterocycles. The van der Waals surface area contributed by atoms with Crippen molar-refractivity contribution in [3.05, 3.63) is 0 Å². The lowest BCUT2D eigenvalue weighted by Crippen LogP contribution is -2.46. The first-order valence-electron chi connectivity index (χ1n) is 5.95. The summed E-state index contributed by atoms with van der Waals surface area (Å²) in [5, 5.41) is 9.05. The van der Waals surface area contributed by atoms with Crippen molar-refractivity contribution < 1.29 is 13.5 Å². The Hall–Kier alpha value is -0.170. The van der Waals surface area contributed by atoms with Crippen molar-refractivity contribution in [3.8, 4) is 0 Å². The molecule has 0 saturated carbocycles. The normalized spacial score (nSPS) is 23.5. The third-order valence-corrected chi connectivity index (χ3v) is 4.48. The highest BCUT2D eigenvalue weighted by atomic mass is 32.2. The molecule has 0 radical (unpaired) electrons. The summed E-state index contributed by atoms with van der Waals surface area (Å²) in [6.07, 6.45) is 3.58. The molecular weight excluding hydrogens is 228 g/mol. The smallest absolute Gasteiger partial charge is 0.279 e. The van der Waals surface area contributed by atoms with Crippen molar-refractivity contribution >= 4 is 10.2 Å². The van der Waals surface area contributed by atoms with Crippen molar-refractivity contribution in [2.75, 3.05) is 26.2 Å². The predicted octanol–water partition coefficient (Wildman–Crippen LogP) is 0.325. The van der Waals surface area contributed by atoms with Crippen LogP contribution in [0.15, 0.2) is 0 Å². The summed E-state index contributed by atoms with van der Waals surface area (Å²) in [5.41, 5.74) is 0. The van der Waals surface area contributed by atoms with Crippen LogP contribution in [-0.2, 0) is 10.2 Å². The van der Waals surface area contributed by atoms with Crippen LogP contribution in [0, 0.1) is 5.92 Å². The van der Waals surface area contributed by atoms with Gasteiger partial charge in [-0.2, -0.15) is 12.7 Å². The SMILES string of the molecule is CCCCNS(=O)(=O)N1CCCC(CO)C1. The number of unbranched alkanes of at least 4 members (excludes halogenated alkanes) is 1. The van der Waals surface area contributed by atoms with Crippen molar-refractivity contribution in [1.29, 1.82) is 0 Å². The maximum Gasteiger partial charge on any atom is 0.279 e. The highest BCUT2D eigenvalue weighted by Crippen LogP contribution is 2.17. The molecule has 0 aromatic carbocycles. The van der Waals surface area contributed by atoms with E-state index in [9.17, 15) is 8.42 Å². The molecule has 1 heterocycles. The Morgan fingerprint density at radius 3 is 2.88 bits per heavy atom. The largest absolute Gasteiger partial charge is 0.396 e. The lowest BCUT2D eigenvalue weighted by Gasteiger charge is -2.30. The lowest BCUT2D eigenvalue weighted by atomic mass is 10.0. The van der Waals surface area contributed by atoms with Crippen molar-refractivity contribution in [2.24, 2.45) is 5.92 Å². The first-order chi connectivity index (χ1) is 7.60. The minimum absolute atomic E-state index is 0.0704. The van der Waals surface area contributed by atoms with Gasteiger partial charge in [-0.15, -0.1) is 0 Å². The second-order valence-electron chi connectivity index (χ2n) is 4.30. The Kier molecular flexibility index (Phi) is 5.68. The quantitative estimate of drug-likeness (QED) is 0.667. The monoisotopic (exact) mass is 250 g/mol. The molecular formula is C10H22N2O3S. The molecule has 0 aromatic rings. The molecule has 0 aliphatic carbocycles. The lowest BCUT2D eigenvalue weighted by molar-refractivity contribution is 0.165. The van der Waals surface area contributed by atoms with Gasteiger partial charge in [0.15, 0.2) is 0 Å². The van der Waals surface area contributed by atoms with Crippen LogP contribution in [0.1, 0.15) is 32.6 Å². The summed E-state index contributed by atoms with van der Waals surface area (Å²) in [7, 11) is -3.33. The summed E-state index contributed by atoms with van der Waals surface area (Å²) in [4.78, 5) is 0. The molecule has 96 valence electrons. The molecule has 1 unspecified atom stereocenters. The van der Waals surface area contributed by atoms with Gasteiger partial charge in [-0.25, -0.2) is 4.72 Å². The Morgan fingerprint density at radius 2 is 2.25 bits per heavy atom. The van der Waals surface area contributed by atoms with Crippen LogP contribution >= 0.6 is 0 Å². The summed E-state index contributed by atoms with van der Waals surface area (Å²) < 4.78 is 27.8. The van der Waals surface area contributed by atoms with Gasteiger partial charge in [0.2, 0.25) is 0 Å². The van der Waals surface area contributed by atoms with E-state index in [1.807, 2.05) is 6.92 Å². The maximum atomic E-state index is 11.9. The number of rotatable bonds is 6. The van der Waals surface area contributed by atoms with Gasteiger partial charge in [-0.1, -0.05) is 13.3 Å². The molecule has 0 bridgehead atoms. The molecule has 1 atom stereocenters. The zero-order chi connectivity index (χ0) is 12.0. The summed E-state index contributed by atoms with van der Waals surface area (Å²) in [5.74, 6) is 0.0940. The number of aliphatic hydroxyl groups excluding tert-OH is 1. The van der Waals surface area contributed by atoms with E-state index < -0.39 is 10.2 Å². The van der Waals surface area contributed by atoms with Crippen molar-refractivity contribution in [1.82, 2.24) is 9.03 Å². The van der Waals surface area contributed by atoms with Crippen LogP contribution in [-0.4, -0.2) is 44.1 Å². The Bertz CT molecular complexity index is 292. The molecule has 2 N–H and O–H groups in total. The van der Waals surface area contributed by atoms with Gasteiger partial charge in [0.05, 0.1) is 0 Å². The average molecular weight is 250 g/mol. The van der Waals surface area contributed by atoms with E-state index in [4.69, 9.17) is 5.11 Å². The number of aliphatic hydroxyl groups is 1. The third-order valence-electron chi connectivity index (χ3n) is 2.89. The number of hydrogen-bond donors (Lipinski definition) is 2. The van der Waals surface area contributed by atoms with E-state index >= 15 is 0 Å². The fraction of sp³-hybridized carbons (Fsp3) is 1.00. The van der Waals surface area contributed by atoms with Crippen LogP contribution in [0.2, 0.25) is 0 Å². The molecule has 5 nitrogen and oxygen atoms in total. The fourth-order valence-corrected chi connectivity index (χ4v) is 3.22. The first kappa shape index (κ1) is 13.9. The zero-order valence-electron chi connectivity index (χ0n) is 9.85. The van der Waals surface area contributed by atoms with Gasteiger partial charge in [0, 0.05) is 26.2 Å². The van der Waals surface area contributed by atoms with Crippen LogP contribution in [0.5, 0.6) is 0 Å². The second-order valence-corrected chi connectivity index (χ2v) is 6.06. The summed E-state index contributed by atoms with van der Waals surface area (Å²) in [6.45, 7) is 3.60. The van der Waals surface area contributed by atoms with Gasteiger partial charge in [-0.05, 0) is 25.2 Å². The highest BCUT2D eigenvalue weighted by Gasteiger charge is 2.27. The number of piperidine rings is 1. The van der Waals surface area contributed by atoms with Crippen LogP contribution in [0.4, 0.5) is 0 Å². The maximum absolute atomic E-state index is 11.9. The molecule has 0 aromatic heterocycles. The van der Waals surface area contributed by atoms with Crippen molar-refractivity contribution in [3.63, 3.8) is 0 Å². The van der Waals surface area contributed by atoms with Crippen molar-refractivity contribution in [2.45, 2.75) is 32.6 Å². The molecule has 0 amide bonds. The van der Waals surface area contributed by atoms with Gasteiger partial charge >= 0.3 is 0 Å². The Morgan fingerprint density at radius 1 is 1.50 bits per heavy atom. The fourth-order valence-electron chi connectivity index (χ4n) is 1.86. The minimum Gasteiger partial charge on any atom is -0.396 e. The minimum atomic E-state index is -3.33. The molecule has 1 aliphatic heterocycles. The van der Waals surface area contributed by atoms with E-state index in [1.165, 1.54) is 4.31 Å². The van der Waals surface area contributed by atoms with E-state index in [0.717, 1.165) is 25.7 Å². The first-order valence-corrected chi connectivity index (χ1v) is 7.39. The summed E-state index contributed by atoms with van der Waals surface area (Å²) in [6, 6.07) is 0. The number of nitrogens with zero attached hydrogens (tertiary/aromatic N) is 1. The molecule has 0 spiro atoms. The van der Waals surface area contributed by atoms with Gasteiger partial charge in [-0.3, -0.25) is 0 Å². The topological polar surface area (TPSA) is 69.6 Å². The number of hydrogen-bond acceptors (Lipinski definition) is 3. The second kappa shape index (κ2) is 6.54. The molecule has 1 aliphatic rings. The number of nitrogens with one attached hydrogen (secondary N) is 1. The molecule has 16 heavy (non-hydrogen) atoms.